The minimum Gasteiger partial charge on any atom is -0.369 e. The summed E-state index contributed by atoms with van der Waals surface area (Å²) >= 11 is 1.14. The monoisotopic (exact) mass is 283 g/mol. The summed E-state index contributed by atoms with van der Waals surface area (Å²) in [6.45, 7) is 3.38. The Hall–Kier alpha value is -1.47. The van der Waals surface area contributed by atoms with Crippen molar-refractivity contribution in [2.24, 2.45) is 11.7 Å². The van der Waals surface area contributed by atoms with E-state index in [1.54, 1.807) is 11.4 Å². The predicted molar refractivity (Wildman–Crippen MR) is 72.8 cm³/mol. The van der Waals surface area contributed by atoms with E-state index in [1.807, 2.05) is 0 Å². The van der Waals surface area contributed by atoms with E-state index in [4.69, 9.17) is 5.73 Å². The maximum Gasteiger partial charge on any atom is 0.324 e. The molecule has 104 valence electrons. The van der Waals surface area contributed by atoms with E-state index in [-0.39, 0.29) is 21.7 Å². The maximum absolute atomic E-state index is 11.3. The standard InChI is InChI=1S/C12H17N3O3S/c1-8-2-3-10(12(13)16)6-14(8)5-9-4-11(15(17)18)19-7-9/h4,7-8,10H,2-3,5-6H2,1H3,(H2,13,16)/t8-,10-/m0/s1. The number of amides is 1. The van der Waals surface area contributed by atoms with Crippen molar-refractivity contribution in [3.63, 3.8) is 0 Å². The van der Waals surface area contributed by atoms with Gasteiger partial charge in [-0.05, 0) is 25.3 Å². The number of primary amides is 1. The summed E-state index contributed by atoms with van der Waals surface area (Å²) in [5.41, 5.74) is 6.28. The second-order valence-corrected chi connectivity index (χ2v) is 5.90. The van der Waals surface area contributed by atoms with Crippen LogP contribution in [-0.4, -0.2) is 28.3 Å². The van der Waals surface area contributed by atoms with Crippen LogP contribution in [0.1, 0.15) is 25.3 Å². The highest BCUT2D eigenvalue weighted by Crippen LogP contribution is 2.27. The molecule has 0 aromatic carbocycles. The molecule has 1 fully saturated rings. The Balaban J connectivity index is 2.03. The summed E-state index contributed by atoms with van der Waals surface area (Å²) in [5.74, 6) is -0.363. The van der Waals surface area contributed by atoms with Gasteiger partial charge in [-0.25, -0.2) is 0 Å². The largest absolute Gasteiger partial charge is 0.369 e. The van der Waals surface area contributed by atoms with Crippen molar-refractivity contribution < 1.29 is 9.72 Å². The third-order valence-corrected chi connectivity index (χ3v) is 4.55. The molecular weight excluding hydrogens is 266 g/mol. The fraction of sp³-hybridized carbons (Fsp3) is 0.583. The number of nitrogens with zero attached hydrogens (tertiary/aromatic N) is 2. The van der Waals surface area contributed by atoms with Crippen LogP contribution in [0.3, 0.4) is 0 Å². The number of rotatable bonds is 4. The summed E-state index contributed by atoms with van der Waals surface area (Å²) in [5, 5.41) is 12.6. The van der Waals surface area contributed by atoms with Crippen LogP contribution in [0.25, 0.3) is 0 Å². The second kappa shape index (κ2) is 5.66. The molecule has 0 saturated carbocycles. The van der Waals surface area contributed by atoms with Crippen LogP contribution in [0.4, 0.5) is 5.00 Å². The fourth-order valence-corrected chi connectivity index (χ4v) is 3.13. The van der Waals surface area contributed by atoms with Gasteiger partial charge in [-0.3, -0.25) is 19.8 Å². The number of likely N-dealkylation sites (tertiary alicyclic amines) is 1. The highest BCUT2D eigenvalue weighted by atomic mass is 32.1. The Morgan fingerprint density at radius 1 is 1.63 bits per heavy atom. The van der Waals surface area contributed by atoms with Gasteiger partial charge in [0.25, 0.3) is 0 Å². The third-order valence-electron chi connectivity index (χ3n) is 3.62. The molecule has 2 N–H and O–H groups in total. The lowest BCUT2D eigenvalue weighted by atomic mass is 9.92. The number of hydrogen-bond acceptors (Lipinski definition) is 5. The Kier molecular flexibility index (Phi) is 4.16. The second-order valence-electron chi connectivity index (χ2n) is 5.01. The zero-order valence-corrected chi connectivity index (χ0v) is 11.6. The molecule has 2 atom stereocenters. The van der Waals surface area contributed by atoms with E-state index in [9.17, 15) is 14.9 Å². The summed E-state index contributed by atoms with van der Waals surface area (Å²) in [4.78, 5) is 23.7. The van der Waals surface area contributed by atoms with Crippen LogP contribution in [0.2, 0.25) is 0 Å². The van der Waals surface area contributed by atoms with Crippen LogP contribution in [0, 0.1) is 16.0 Å². The molecule has 7 heteroatoms. The van der Waals surface area contributed by atoms with Gasteiger partial charge in [0, 0.05) is 30.6 Å². The van der Waals surface area contributed by atoms with E-state index < -0.39 is 0 Å². The van der Waals surface area contributed by atoms with E-state index in [2.05, 4.69) is 11.8 Å². The lowest BCUT2D eigenvalue weighted by molar-refractivity contribution is -0.380. The molecule has 2 heterocycles. The van der Waals surface area contributed by atoms with Gasteiger partial charge in [0.15, 0.2) is 0 Å². The van der Waals surface area contributed by atoms with Gasteiger partial charge in [-0.1, -0.05) is 11.3 Å². The van der Waals surface area contributed by atoms with Gasteiger partial charge < -0.3 is 5.73 Å². The maximum atomic E-state index is 11.3. The predicted octanol–water partition coefficient (Wildman–Crippen LogP) is 1.74. The molecule has 0 aliphatic carbocycles. The van der Waals surface area contributed by atoms with Crippen molar-refractivity contribution in [1.29, 1.82) is 0 Å². The van der Waals surface area contributed by atoms with Crippen LogP contribution < -0.4 is 5.73 Å². The molecule has 1 aromatic heterocycles. The number of nitro groups is 1. The highest BCUT2D eigenvalue weighted by molar-refractivity contribution is 7.13. The normalized spacial score (nSPS) is 24.3. The van der Waals surface area contributed by atoms with E-state index in [0.717, 1.165) is 29.7 Å². The molecule has 0 spiro atoms. The fourth-order valence-electron chi connectivity index (χ4n) is 2.41. The van der Waals surface area contributed by atoms with Gasteiger partial charge in [0.05, 0.1) is 10.8 Å². The molecular formula is C12H17N3O3S. The van der Waals surface area contributed by atoms with Crippen LogP contribution in [0.5, 0.6) is 0 Å². The lowest BCUT2D eigenvalue weighted by Crippen LogP contribution is -2.45. The van der Waals surface area contributed by atoms with Crippen LogP contribution in [-0.2, 0) is 11.3 Å². The Labute approximate surface area is 115 Å². The summed E-state index contributed by atoms with van der Waals surface area (Å²) < 4.78 is 0. The van der Waals surface area contributed by atoms with Crippen molar-refractivity contribution >= 4 is 22.2 Å². The van der Waals surface area contributed by atoms with Gasteiger partial charge in [0.1, 0.15) is 0 Å². The minimum absolute atomic E-state index is 0.107. The van der Waals surface area contributed by atoms with E-state index in [1.165, 1.54) is 0 Å². The highest BCUT2D eigenvalue weighted by Gasteiger charge is 2.28. The van der Waals surface area contributed by atoms with Crippen LogP contribution in [0.15, 0.2) is 11.4 Å². The molecule has 1 aliphatic rings. The molecule has 0 unspecified atom stereocenters. The Morgan fingerprint density at radius 3 is 2.95 bits per heavy atom. The topological polar surface area (TPSA) is 89.5 Å². The zero-order chi connectivity index (χ0) is 14.0. The van der Waals surface area contributed by atoms with Crippen molar-refractivity contribution in [2.45, 2.75) is 32.4 Å². The number of thiophene rings is 1. The first-order valence-electron chi connectivity index (χ1n) is 6.22. The first kappa shape index (κ1) is 14.0. The number of hydrogen-bond donors (Lipinski definition) is 1. The van der Waals surface area contributed by atoms with Gasteiger partial charge in [0.2, 0.25) is 5.91 Å². The van der Waals surface area contributed by atoms with Crippen molar-refractivity contribution in [2.75, 3.05) is 6.54 Å². The molecule has 6 nitrogen and oxygen atoms in total. The molecule has 19 heavy (non-hydrogen) atoms. The van der Waals surface area contributed by atoms with Gasteiger partial charge in [-0.2, -0.15) is 0 Å². The Bertz CT molecular complexity index is 488. The molecule has 1 saturated heterocycles. The minimum atomic E-state index is -0.375. The molecule has 0 radical (unpaired) electrons. The zero-order valence-electron chi connectivity index (χ0n) is 10.7. The quantitative estimate of drug-likeness (QED) is 0.673. The first-order valence-corrected chi connectivity index (χ1v) is 7.10. The summed E-state index contributed by atoms with van der Waals surface area (Å²) in [6.07, 6.45) is 1.76. The molecule has 0 bridgehead atoms. The molecule has 2 rings (SSSR count). The van der Waals surface area contributed by atoms with E-state index >= 15 is 0 Å². The average molecular weight is 283 g/mol. The smallest absolute Gasteiger partial charge is 0.324 e. The number of nitrogens with two attached hydrogens (primary N) is 1. The summed E-state index contributed by atoms with van der Waals surface area (Å²) in [6, 6.07) is 1.97. The number of carbonyl (C=O) groups is 1. The third kappa shape index (κ3) is 3.30. The summed E-state index contributed by atoms with van der Waals surface area (Å²) in [7, 11) is 0. The Morgan fingerprint density at radius 2 is 2.37 bits per heavy atom. The SMILES string of the molecule is C[C@H]1CC[C@H](C(N)=O)CN1Cc1csc([N+](=O)[O-])c1. The molecule has 1 aromatic rings. The van der Waals surface area contributed by atoms with E-state index in [0.29, 0.717) is 19.1 Å². The van der Waals surface area contributed by atoms with Crippen molar-refractivity contribution in [3.05, 3.63) is 27.1 Å². The van der Waals surface area contributed by atoms with Crippen molar-refractivity contribution in [1.82, 2.24) is 4.90 Å². The number of carbonyl (C=O) groups excluding carboxylic acids is 1. The average Bonchev–Trinajstić information content (AvgIpc) is 2.80. The first-order chi connectivity index (χ1) is 8.97. The van der Waals surface area contributed by atoms with Gasteiger partial charge >= 0.3 is 5.00 Å². The van der Waals surface area contributed by atoms with Gasteiger partial charge in [-0.15, -0.1) is 0 Å². The number of piperidine rings is 1. The molecule has 1 amide bonds. The molecule has 1 aliphatic heterocycles. The van der Waals surface area contributed by atoms with Crippen LogP contribution >= 0.6 is 11.3 Å². The lowest BCUT2D eigenvalue weighted by Gasteiger charge is -2.36. The van der Waals surface area contributed by atoms with Crippen molar-refractivity contribution in [3.8, 4) is 0 Å².